The standard InChI is InChI=1S/C20H19NO5/c1-4-25-15-9-7-14(8-10-15)21-13(2)18(20(23)24-3)17(19(21)22)12-16-6-5-11-26-16/h5-12H,4H2,1-3H3/b17-12-. The van der Waals surface area contributed by atoms with Gasteiger partial charge in [-0.2, -0.15) is 0 Å². The maximum absolute atomic E-state index is 13.0. The average molecular weight is 353 g/mol. The molecule has 1 amide bonds. The van der Waals surface area contributed by atoms with Gasteiger partial charge in [0, 0.05) is 11.4 Å². The van der Waals surface area contributed by atoms with E-state index in [-0.39, 0.29) is 17.1 Å². The van der Waals surface area contributed by atoms with Gasteiger partial charge in [0.1, 0.15) is 11.5 Å². The van der Waals surface area contributed by atoms with Gasteiger partial charge in [0.2, 0.25) is 0 Å². The molecule has 2 heterocycles. The van der Waals surface area contributed by atoms with E-state index in [9.17, 15) is 9.59 Å². The average Bonchev–Trinajstić information content (AvgIpc) is 3.23. The number of hydrogen-bond acceptors (Lipinski definition) is 5. The minimum absolute atomic E-state index is 0.225. The van der Waals surface area contributed by atoms with Crippen molar-refractivity contribution in [2.24, 2.45) is 0 Å². The van der Waals surface area contributed by atoms with Gasteiger partial charge in [-0.1, -0.05) is 0 Å². The fraction of sp³-hybridized carbons (Fsp3) is 0.200. The number of ether oxygens (including phenoxy) is 2. The molecule has 26 heavy (non-hydrogen) atoms. The molecule has 0 atom stereocenters. The van der Waals surface area contributed by atoms with Gasteiger partial charge in [0.05, 0.1) is 31.1 Å². The van der Waals surface area contributed by atoms with Crippen molar-refractivity contribution in [3.8, 4) is 5.75 Å². The SMILES string of the molecule is CCOc1ccc(N2C(=O)/C(=C\c3ccco3)C(C(=O)OC)=C2C)cc1. The van der Waals surface area contributed by atoms with Gasteiger partial charge in [0.15, 0.2) is 0 Å². The summed E-state index contributed by atoms with van der Waals surface area (Å²) in [6.07, 6.45) is 3.05. The monoisotopic (exact) mass is 353 g/mol. The van der Waals surface area contributed by atoms with Gasteiger partial charge in [-0.05, 0) is 56.3 Å². The van der Waals surface area contributed by atoms with E-state index in [0.717, 1.165) is 0 Å². The number of allylic oxidation sites excluding steroid dienone is 1. The number of esters is 1. The van der Waals surface area contributed by atoms with Gasteiger partial charge in [-0.3, -0.25) is 9.69 Å². The van der Waals surface area contributed by atoms with Crippen molar-refractivity contribution in [1.82, 2.24) is 0 Å². The fourth-order valence-corrected chi connectivity index (χ4v) is 2.86. The highest BCUT2D eigenvalue weighted by Crippen LogP contribution is 2.36. The first-order chi connectivity index (χ1) is 12.6. The summed E-state index contributed by atoms with van der Waals surface area (Å²) >= 11 is 0. The van der Waals surface area contributed by atoms with Crippen LogP contribution in [-0.2, 0) is 14.3 Å². The van der Waals surface area contributed by atoms with Gasteiger partial charge in [-0.15, -0.1) is 0 Å². The number of anilines is 1. The Bertz CT molecular complexity index is 875. The summed E-state index contributed by atoms with van der Waals surface area (Å²) in [6, 6.07) is 10.5. The molecule has 0 fully saturated rings. The molecule has 0 radical (unpaired) electrons. The molecule has 0 unspecified atom stereocenters. The number of nitrogens with zero attached hydrogens (tertiary/aromatic N) is 1. The van der Waals surface area contributed by atoms with Crippen LogP contribution in [0.3, 0.4) is 0 Å². The molecule has 1 aromatic heterocycles. The van der Waals surface area contributed by atoms with E-state index in [0.29, 0.717) is 29.5 Å². The third kappa shape index (κ3) is 3.13. The molecule has 3 rings (SSSR count). The lowest BCUT2D eigenvalue weighted by atomic mass is 10.1. The maximum Gasteiger partial charge on any atom is 0.340 e. The van der Waals surface area contributed by atoms with Crippen LogP contribution in [0.15, 0.2) is 63.9 Å². The van der Waals surface area contributed by atoms with Crippen molar-refractivity contribution in [2.45, 2.75) is 13.8 Å². The Morgan fingerprint density at radius 2 is 1.96 bits per heavy atom. The lowest BCUT2D eigenvalue weighted by Crippen LogP contribution is -2.24. The molecule has 6 heteroatoms. The molecular weight excluding hydrogens is 334 g/mol. The van der Waals surface area contributed by atoms with Gasteiger partial charge >= 0.3 is 5.97 Å². The number of hydrogen-bond donors (Lipinski definition) is 0. The molecule has 0 saturated carbocycles. The lowest BCUT2D eigenvalue weighted by molar-refractivity contribution is -0.136. The number of methoxy groups -OCH3 is 1. The zero-order valence-electron chi connectivity index (χ0n) is 14.8. The maximum atomic E-state index is 13.0. The van der Waals surface area contributed by atoms with E-state index in [1.807, 2.05) is 6.92 Å². The highest BCUT2D eigenvalue weighted by molar-refractivity contribution is 6.23. The first kappa shape index (κ1) is 17.5. The molecule has 1 aromatic carbocycles. The second-order valence-electron chi connectivity index (χ2n) is 5.59. The Morgan fingerprint density at radius 3 is 2.54 bits per heavy atom. The van der Waals surface area contributed by atoms with Crippen LogP contribution < -0.4 is 9.64 Å². The van der Waals surface area contributed by atoms with Crippen molar-refractivity contribution < 1.29 is 23.5 Å². The van der Waals surface area contributed by atoms with Crippen molar-refractivity contribution in [3.63, 3.8) is 0 Å². The fourth-order valence-electron chi connectivity index (χ4n) is 2.86. The second kappa shape index (κ2) is 7.31. The van der Waals surface area contributed by atoms with Crippen LogP contribution in [0, 0.1) is 0 Å². The summed E-state index contributed by atoms with van der Waals surface area (Å²) in [6.45, 7) is 4.17. The van der Waals surface area contributed by atoms with E-state index < -0.39 is 5.97 Å². The van der Waals surface area contributed by atoms with Gasteiger partial charge in [0.25, 0.3) is 5.91 Å². The van der Waals surface area contributed by atoms with Crippen LogP contribution in [0.2, 0.25) is 0 Å². The zero-order chi connectivity index (χ0) is 18.7. The van der Waals surface area contributed by atoms with Gasteiger partial charge < -0.3 is 13.9 Å². The molecule has 0 N–H and O–H groups in total. The Balaban J connectivity index is 2.05. The molecular formula is C20H19NO5. The van der Waals surface area contributed by atoms with Crippen molar-refractivity contribution in [2.75, 3.05) is 18.6 Å². The summed E-state index contributed by atoms with van der Waals surface area (Å²) in [5, 5.41) is 0. The van der Waals surface area contributed by atoms with Gasteiger partial charge in [-0.25, -0.2) is 4.79 Å². The second-order valence-corrected chi connectivity index (χ2v) is 5.59. The Morgan fingerprint density at radius 1 is 1.23 bits per heavy atom. The number of carbonyl (C=O) groups excluding carboxylic acids is 2. The first-order valence-electron chi connectivity index (χ1n) is 8.19. The van der Waals surface area contributed by atoms with Crippen LogP contribution in [0.1, 0.15) is 19.6 Å². The highest BCUT2D eigenvalue weighted by Gasteiger charge is 2.38. The third-order valence-electron chi connectivity index (χ3n) is 4.03. The number of amides is 1. The number of carbonyl (C=O) groups is 2. The quantitative estimate of drug-likeness (QED) is 0.607. The third-order valence-corrected chi connectivity index (χ3v) is 4.03. The lowest BCUT2D eigenvalue weighted by Gasteiger charge is -2.18. The Hall–Kier alpha value is -3.28. The summed E-state index contributed by atoms with van der Waals surface area (Å²) in [5.74, 6) is 0.311. The van der Waals surface area contributed by atoms with E-state index in [1.54, 1.807) is 49.4 Å². The topological polar surface area (TPSA) is 69.0 Å². The number of rotatable bonds is 5. The minimum Gasteiger partial charge on any atom is -0.494 e. The van der Waals surface area contributed by atoms with Crippen molar-refractivity contribution >= 4 is 23.6 Å². The zero-order valence-corrected chi connectivity index (χ0v) is 14.8. The predicted molar refractivity (Wildman–Crippen MR) is 96.5 cm³/mol. The largest absolute Gasteiger partial charge is 0.494 e. The Labute approximate surface area is 151 Å². The summed E-state index contributed by atoms with van der Waals surface area (Å²) in [4.78, 5) is 26.8. The smallest absolute Gasteiger partial charge is 0.340 e. The van der Waals surface area contributed by atoms with E-state index >= 15 is 0 Å². The number of furan rings is 1. The number of benzene rings is 1. The van der Waals surface area contributed by atoms with Crippen molar-refractivity contribution in [3.05, 3.63) is 65.3 Å². The predicted octanol–water partition coefficient (Wildman–Crippen LogP) is 3.56. The molecule has 0 bridgehead atoms. The molecule has 6 nitrogen and oxygen atoms in total. The molecule has 0 saturated heterocycles. The molecule has 0 aliphatic carbocycles. The normalized spacial score (nSPS) is 15.7. The first-order valence-corrected chi connectivity index (χ1v) is 8.19. The molecule has 2 aromatic rings. The van der Waals surface area contributed by atoms with Crippen LogP contribution in [0.25, 0.3) is 6.08 Å². The molecule has 134 valence electrons. The van der Waals surface area contributed by atoms with E-state index in [4.69, 9.17) is 13.9 Å². The summed E-state index contributed by atoms with van der Waals surface area (Å²) in [5.41, 5.74) is 1.60. The molecule has 1 aliphatic rings. The van der Waals surface area contributed by atoms with Crippen LogP contribution >= 0.6 is 0 Å². The minimum atomic E-state index is -0.568. The Kier molecular flexibility index (Phi) is 4.93. The van der Waals surface area contributed by atoms with E-state index in [2.05, 4.69) is 0 Å². The van der Waals surface area contributed by atoms with Crippen LogP contribution in [0.5, 0.6) is 5.75 Å². The van der Waals surface area contributed by atoms with Crippen molar-refractivity contribution in [1.29, 1.82) is 0 Å². The van der Waals surface area contributed by atoms with Crippen LogP contribution in [0.4, 0.5) is 5.69 Å². The summed E-state index contributed by atoms with van der Waals surface area (Å²) < 4.78 is 15.6. The summed E-state index contributed by atoms with van der Waals surface area (Å²) in [7, 11) is 1.29. The molecule has 0 spiro atoms. The highest BCUT2D eigenvalue weighted by atomic mass is 16.5. The van der Waals surface area contributed by atoms with Crippen LogP contribution in [-0.4, -0.2) is 25.6 Å². The molecule has 1 aliphatic heterocycles. The van der Waals surface area contributed by atoms with E-state index in [1.165, 1.54) is 18.3 Å².